The highest BCUT2D eigenvalue weighted by atomic mass is 16.5. The van der Waals surface area contributed by atoms with Crippen LogP contribution >= 0.6 is 0 Å². The van der Waals surface area contributed by atoms with Gasteiger partial charge in [0.25, 0.3) is 0 Å². The van der Waals surface area contributed by atoms with Crippen molar-refractivity contribution < 1.29 is 19.0 Å². The van der Waals surface area contributed by atoms with Crippen molar-refractivity contribution >= 4 is 11.9 Å². The number of hydrogen-bond donors (Lipinski definition) is 0. The molecule has 0 amide bonds. The van der Waals surface area contributed by atoms with Gasteiger partial charge in [0.2, 0.25) is 5.78 Å². The number of nitrogens with zero attached hydrogens (tertiary/aromatic N) is 2. The van der Waals surface area contributed by atoms with E-state index in [0.29, 0.717) is 30.3 Å². The van der Waals surface area contributed by atoms with Crippen molar-refractivity contribution in [2.45, 2.75) is 20.0 Å². The Morgan fingerprint density at radius 1 is 1.23 bits per heavy atom. The standard InChI is InChI=1S/C25H22N2O4/c1-16-10-21-20(14-27(15-30-21)13-17-5-7-19(29-2)8-6-17)25-23(16)24(28)22(31-25)11-18-4-3-9-26-12-18/h3-12H,13-15H2,1-2H3/b22-11-. The molecule has 1 aromatic heterocycles. The van der Waals surface area contributed by atoms with Gasteiger partial charge in [-0.2, -0.15) is 0 Å². The molecule has 2 aliphatic rings. The van der Waals surface area contributed by atoms with Crippen molar-refractivity contribution in [1.29, 1.82) is 0 Å². The number of aryl methyl sites for hydroxylation is 1. The second-order valence-electron chi connectivity index (χ2n) is 7.71. The van der Waals surface area contributed by atoms with Crippen molar-refractivity contribution in [3.05, 3.63) is 88.4 Å². The van der Waals surface area contributed by atoms with Crippen LogP contribution in [-0.4, -0.2) is 29.5 Å². The molecule has 31 heavy (non-hydrogen) atoms. The van der Waals surface area contributed by atoms with Crippen LogP contribution < -0.4 is 14.2 Å². The Balaban J connectivity index is 1.43. The van der Waals surface area contributed by atoms with Crippen LogP contribution in [0.1, 0.15) is 32.6 Å². The number of fused-ring (bicyclic) bond motifs is 3. The molecule has 156 valence electrons. The van der Waals surface area contributed by atoms with Gasteiger partial charge in [0, 0.05) is 25.5 Å². The summed E-state index contributed by atoms with van der Waals surface area (Å²) in [5.41, 5.74) is 4.36. The maximum Gasteiger partial charge on any atom is 0.232 e. The molecule has 0 radical (unpaired) electrons. The van der Waals surface area contributed by atoms with E-state index in [1.54, 1.807) is 25.6 Å². The van der Waals surface area contributed by atoms with E-state index in [1.165, 1.54) is 0 Å². The second kappa shape index (κ2) is 7.89. The van der Waals surface area contributed by atoms with Crippen LogP contribution in [0.3, 0.4) is 0 Å². The first-order valence-corrected chi connectivity index (χ1v) is 10.1. The van der Waals surface area contributed by atoms with E-state index in [2.05, 4.69) is 9.88 Å². The van der Waals surface area contributed by atoms with Gasteiger partial charge in [-0.3, -0.25) is 14.7 Å². The average molecular weight is 414 g/mol. The summed E-state index contributed by atoms with van der Waals surface area (Å²) in [6.07, 6.45) is 5.14. The number of ether oxygens (including phenoxy) is 3. The summed E-state index contributed by atoms with van der Waals surface area (Å²) in [4.78, 5) is 19.3. The van der Waals surface area contributed by atoms with Crippen LogP contribution in [0.25, 0.3) is 6.08 Å². The lowest BCUT2D eigenvalue weighted by atomic mass is 9.98. The quantitative estimate of drug-likeness (QED) is 0.591. The van der Waals surface area contributed by atoms with Crippen LogP contribution in [0.15, 0.2) is 60.6 Å². The summed E-state index contributed by atoms with van der Waals surface area (Å²) in [5, 5.41) is 0. The first kappa shape index (κ1) is 19.3. The lowest BCUT2D eigenvalue weighted by Crippen LogP contribution is -2.31. The monoisotopic (exact) mass is 414 g/mol. The number of hydrogen-bond acceptors (Lipinski definition) is 6. The molecule has 5 rings (SSSR count). The van der Waals surface area contributed by atoms with E-state index in [9.17, 15) is 4.79 Å². The Hall–Kier alpha value is -3.64. The Kier molecular flexibility index (Phi) is 4.92. The van der Waals surface area contributed by atoms with Gasteiger partial charge in [0.05, 0.1) is 18.2 Å². The highest BCUT2D eigenvalue weighted by Crippen LogP contribution is 2.44. The molecular formula is C25H22N2O4. The van der Waals surface area contributed by atoms with Crippen molar-refractivity contribution in [3.63, 3.8) is 0 Å². The van der Waals surface area contributed by atoms with E-state index in [0.717, 1.165) is 40.3 Å². The lowest BCUT2D eigenvalue weighted by Gasteiger charge is -2.30. The van der Waals surface area contributed by atoms with Crippen molar-refractivity contribution in [3.8, 4) is 17.2 Å². The predicted octanol–water partition coefficient (Wildman–Crippen LogP) is 4.37. The fourth-order valence-corrected chi connectivity index (χ4v) is 3.98. The van der Waals surface area contributed by atoms with E-state index >= 15 is 0 Å². The molecule has 2 aromatic carbocycles. The van der Waals surface area contributed by atoms with E-state index in [-0.39, 0.29) is 5.78 Å². The first-order chi connectivity index (χ1) is 15.1. The maximum absolute atomic E-state index is 13.1. The summed E-state index contributed by atoms with van der Waals surface area (Å²) < 4.78 is 17.4. The molecule has 0 fully saturated rings. The molecule has 0 spiro atoms. The molecule has 0 bridgehead atoms. The number of Topliss-reactive ketones (excluding diaryl/α,β-unsaturated/α-hetero) is 1. The molecule has 3 aromatic rings. The lowest BCUT2D eigenvalue weighted by molar-refractivity contribution is 0.0872. The number of carbonyl (C=O) groups is 1. The Bertz CT molecular complexity index is 1170. The van der Waals surface area contributed by atoms with Gasteiger partial charge in [-0.15, -0.1) is 0 Å². The molecular weight excluding hydrogens is 392 g/mol. The smallest absolute Gasteiger partial charge is 0.232 e. The number of methoxy groups -OCH3 is 1. The van der Waals surface area contributed by atoms with Crippen molar-refractivity contribution in [2.75, 3.05) is 13.8 Å². The molecule has 3 heterocycles. The largest absolute Gasteiger partial charge is 0.497 e. The van der Waals surface area contributed by atoms with Crippen molar-refractivity contribution in [2.24, 2.45) is 0 Å². The number of aromatic nitrogens is 1. The van der Waals surface area contributed by atoms with Gasteiger partial charge >= 0.3 is 0 Å². The molecule has 2 aliphatic heterocycles. The molecule has 6 heteroatoms. The third-order valence-corrected chi connectivity index (χ3v) is 5.54. The third-order valence-electron chi connectivity index (χ3n) is 5.54. The van der Waals surface area contributed by atoms with Gasteiger partial charge in [-0.25, -0.2) is 0 Å². The number of allylic oxidation sites excluding steroid dienone is 1. The van der Waals surface area contributed by atoms with Gasteiger partial charge in [-0.05, 0) is 54.0 Å². The minimum absolute atomic E-state index is 0.105. The topological polar surface area (TPSA) is 60.9 Å². The minimum atomic E-state index is -0.105. The van der Waals surface area contributed by atoms with E-state index in [1.807, 2.05) is 49.4 Å². The highest BCUT2D eigenvalue weighted by Gasteiger charge is 2.35. The average Bonchev–Trinajstić information content (AvgIpc) is 3.12. The summed E-state index contributed by atoms with van der Waals surface area (Å²) in [6.45, 7) is 3.75. The summed E-state index contributed by atoms with van der Waals surface area (Å²) in [5.74, 6) is 2.42. The summed E-state index contributed by atoms with van der Waals surface area (Å²) >= 11 is 0. The van der Waals surface area contributed by atoms with E-state index in [4.69, 9.17) is 14.2 Å². The van der Waals surface area contributed by atoms with Crippen LogP contribution in [0, 0.1) is 6.92 Å². The second-order valence-corrected chi connectivity index (χ2v) is 7.71. The maximum atomic E-state index is 13.1. The highest BCUT2D eigenvalue weighted by molar-refractivity contribution is 6.15. The number of rotatable bonds is 4. The third kappa shape index (κ3) is 3.66. The predicted molar refractivity (Wildman–Crippen MR) is 116 cm³/mol. The van der Waals surface area contributed by atoms with Crippen LogP contribution in [0.5, 0.6) is 17.2 Å². The Morgan fingerprint density at radius 2 is 2.06 bits per heavy atom. The van der Waals surface area contributed by atoms with Gasteiger partial charge in [0.1, 0.15) is 24.0 Å². The number of benzene rings is 2. The fraction of sp³-hybridized carbons (Fsp3) is 0.200. The van der Waals surface area contributed by atoms with Crippen molar-refractivity contribution in [1.82, 2.24) is 9.88 Å². The minimum Gasteiger partial charge on any atom is -0.497 e. The zero-order valence-corrected chi connectivity index (χ0v) is 17.4. The van der Waals surface area contributed by atoms with Gasteiger partial charge in [0.15, 0.2) is 5.76 Å². The number of pyridine rings is 1. The molecule has 0 saturated heterocycles. The SMILES string of the molecule is COc1ccc(CN2COc3cc(C)c4c(c3C2)O/C(=C\c2cccnc2)C4=O)cc1. The Morgan fingerprint density at radius 3 is 2.81 bits per heavy atom. The summed E-state index contributed by atoms with van der Waals surface area (Å²) in [7, 11) is 1.66. The van der Waals surface area contributed by atoms with Crippen LogP contribution in [-0.2, 0) is 13.1 Å². The molecule has 0 N–H and O–H groups in total. The molecule has 6 nitrogen and oxygen atoms in total. The van der Waals surface area contributed by atoms with Gasteiger partial charge in [-0.1, -0.05) is 18.2 Å². The molecule has 0 unspecified atom stereocenters. The van der Waals surface area contributed by atoms with Crippen LogP contribution in [0.2, 0.25) is 0 Å². The number of carbonyl (C=O) groups excluding carboxylic acids is 1. The molecule has 0 atom stereocenters. The van der Waals surface area contributed by atoms with E-state index < -0.39 is 0 Å². The first-order valence-electron chi connectivity index (χ1n) is 10.1. The zero-order chi connectivity index (χ0) is 21.4. The fourth-order valence-electron chi connectivity index (χ4n) is 3.98. The normalized spacial score (nSPS) is 16.5. The van der Waals surface area contributed by atoms with Crippen LogP contribution in [0.4, 0.5) is 0 Å². The Labute approximate surface area is 180 Å². The zero-order valence-electron chi connectivity index (χ0n) is 17.4. The summed E-state index contributed by atoms with van der Waals surface area (Å²) in [6, 6.07) is 13.6. The molecule has 0 saturated carbocycles. The molecule has 0 aliphatic carbocycles. The van der Waals surface area contributed by atoms with Gasteiger partial charge < -0.3 is 14.2 Å². The number of ketones is 1.